The summed E-state index contributed by atoms with van der Waals surface area (Å²) in [5.41, 5.74) is 11.8. The largest absolute Gasteiger partial charge is 0.482 e. The molecule has 0 bridgehead atoms. The quantitative estimate of drug-likeness (QED) is 0.595. The molecule has 26 heavy (non-hydrogen) atoms. The maximum absolute atomic E-state index is 11.2. The molecule has 1 amide bonds. The van der Waals surface area contributed by atoms with Crippen molar-refractivity contribution in [3.8, 4) is 5.75 Å². The standard InChI is InChI=1S/C18H26N6O2/c1-3-5-7-12(4-2)23-17-15(10-21-18(20)24-17)26-11-13-8-6-9-14(22-13)16(19)25/h6,8-10,12H,3-5,7,11H2,1-2H3,(H2,19,25)(H3,20,21,23,24). The highest BCUT2D eigenvalue weighted by molar-refractivity contribution is 5.90. The van der Waals surface area contributed by atoms with Crippen molar-refractivity contribution in [2.24, 2.45) is 5.73 Å². The van der Waals surface area contributed by atoms with E-state index in [0.29, 0.717) is 17.3 Å². The van der Waals surface area contributed by atoms with Gasteiger partial charge < -0.3 is 21.5 Å². The van der Waals surface area contributed by atoms with Crippen LogP contribution in [0.2, 0.25) is 0 Å². The zero-order valence-electron chi connectivity index (χ0n) is 15.2. The van der Waals surface area contributed by atoms with Crippen molar-refractivity contribution in [1.82, 2.24) is 15.0 Å². The fraction of sp³-hybridized carbons (Fsp3) is 0.444. The first kappa shape index (κ1) is 19.4. The van der Waals surface area contributed by atoms with E-state index < -0.39 is 5.91 Å². The first-order valence-electron chi connectivity index (χ1n) is 8.81. The Morgan fingerprint density at radius 1 is 1.31 bits per heavy atom. The molecule has 0 aliphatic carbocycles. The van der Waals surface area contributed by atoms with E-state index in [4.69, 9.17) is 16.2 Å². The minimum atomic E-state index is -0.577. The van der Waals surface area contributed by atoms with Gasteiger partial charge in [0, 0.05) is 6.04 Å². The number of hydrogen-bond donors (Lipinski definition) is 3. The Labute approximate surface area is 153 Å². The summed E-state index contributed by atoms with van der Waals surface area (Å²) in [5.74, 6) is 0.651. The molecule has 1 atom stereocenters. The van der Waals surface area contributed by atoms with E-state index >= 15 is 0 Å². The van der Waals surface area contributed by atoms with Crippen LogP contribution in [0.3, 0.4) is 0 Å². The van der Waals surface area contributed by atoms with Gasteiger partial charge in [0.05, 0.1) is 11.9 Å². The predicted octanol–water partition coefficient (Wildman–Crippen LogP) is 2.51. The van der Waals surface area contributed by atoms with Gasteiger partial charge in [0.2, 0.25) is 5.95 Å². The van der Waals surface area contributed by atoms with Crippen molar-refractivity contribution in [1.29, 1.82) is 0 Å². The molecule has 8 heteroatoms. The molecule has 0 aliphatic rings. The molecule has 0 aliphatic heterocycles. The summed E-state index contributed by atoms with van der Waals surface area (Å²) in [7, 11) is 0. The lowest BCUT2D eigenvalue weighted by atomic mass is 10.1. The summed E-state index contributed by atoms with van der Waals surface area (Å²) < 4.78 is 5.81. The normalized spacial score (nSPS) is 11.8. The Hall–Kier alpha value is -2.90. The summed E-state index contributed by atoms with van der Waals surface area (Å²) >= 11 is 0. The SMILES string of the molecule is CCCCC(CC)Nc1nc(N)ncc1OCc1cccc(C(N)=O)n1. The van der Waals surface area contributed by atoms with Crippen LogP contribution in [0, 0.1) is 0 Å². The highest BCUT2D eigenvalue weighted by Crippen LogP contribution is 2.25. The van der Waals surface area contributed by atoms with Crippen LogP contribution in [0.25, 0.3) is 0 Å². The highest BCUT2D eigenvalue weighted by Gasteiger charge is 2.13. The van der Waals surface area contributed by atoms with Gasteiger partial charge in [0.25, 0.3) is 5.91 Å². The van der Waals surface area contributed by atoms with Crippen LogP contribution in [0.5, 0.6) is 5.75 Å². The van der Waals surface area contributed by atoms with E-state index in [0.717, 1.165) is 25.7 Å². The van der Waals surface area contributed by atoms with Crippen LogP contribution in [-0.2, 0) is 6.61 Å². The molecule has 5 N–H and O–H groups in total. The lowest BCUT2D eigenvalue weighted by Crippen LogP contribution is -2.20. The number of hydrogen-bond acceptors (Lipinski definition) is 7. The summed E-state index contributed by atoms with van der Waals surface area (Å²) in [6.45, 7) is 4.45. The lowest BCUT2D eigenvalue weighted by Gasteiger charge is -2.19. The summed E-state index contributed by atoms with van der Waals surface area (Å²) in [6.07, 6.45) is 5.81. The van der Waals surface area contributed by atoms with E-state index in [1.807, 2.05) is 0 Å². The number of anilines is 2. The first-order chi connectivity index (χ1) is 12.5. The van der Waals surface area contributed by atoms with Gasteiger partial charge in [-0.3, -0.25) is 4.79 Å². The van der Waals surface area contributed by atoms with Crippen molar-refractivity contribution in [2.75, 3.05) is 11.1 Å². The molecule has 0 radical (unpaired) electrons. The monoisotopic (exact) mass is 358 g/mol. The van der Waals surface area contributed by atoms with E-state index in [1.165, 1.54) is 6.20 Å². The number of nitrogen functional groups attached to an aromatic ring is 1. The minimum Gasteiger partial charge on any atom is -0.482 e. The Bertz CT molecular complexity index is 737. The Morgan fingerprint density at radius 3 is 2.81 bits per heavy atom. The van der Waals surface area contributed by atoms with Crippen LogP contribution in [0.15, 0.2) is 24.4 Å². The van der Waals surface area contributed by atoms with Gasteiger partial charge >= 0.3 is 0 Å². The summed E-state index contributed by atoms with van der Waals surface area (Å²) in [5, 5.41) is 3.39. The molecule has 0 aromatic carbocycles. The number of unbranched alkanes of at least 4 members (excludes halogenated alkanes) is 1. The Balaban J connectivity index is 2.11. The van der Waals surface area contributed by atoms with Crippen molar-refractivity contribution in [3.63, 3.8) is 0 Å². The number of ether oxygens (including phenoxy) is 1. The second-order valence-corrected chi connectivity index (χ2v) is 6.00. The second kappa shape index (κ2) is 9.55. The van der Waals surface area contributed by atoms with E-state index in [9.17, 15) is 4.79 Å². The smallest absolute Gasteiger partial charge is 0.267 e. The number of aromatic nitrogens is 3. The number of nitrogens with one attached hydrogen (secondary N) is 1. The van der Waals surface area contributed by atoms with Gasteiger partial charge in [-0.05, 0) is 25.0 Å². The van der Waals surface area contributed by atoms with Gasteiger partial charge in [-0.15, -0.1) is 0 Å². The minimum absolute atomic E-state index is 0.162. The fourth-order valence-corrected chi connectivity index (χ4v) is 2.46. The van der Waals surface area contributed by atoms with Gasteiger partial charge in [-0.2, -0.15) is 4.98 Å². The molecular formula is C18H26N6O2. The van der Waals surface area contributed by atoms with E-state index in [2.05, 4.69) is 34.1 Å². The van der Waals surface area contributed by atoms with Crippen molar-refractivity contribution in [3.05, 3.63) is 35.8 Å². The van der Waals surface area contributed by atoms with Gasteiger partial charge in [-0.25, -0.2) is 9.97 Å². The van der Waals surface area contributed by atoms with Gasteiger partial charge in [0.1, 0.15) is 12.3 Å². The number of nitrogens with two attached hydrogens (primary N) is 2. The molecule has 2 aromatic rings. The molecule has 2 rings (SSSR count). The zero-order chi connectivity index (χ0) is 18.9. The van der Waals surface area contributed by atoms with Crippen LogP contribution >= 0.6 is 0 Å². The summed E-state index contributed by atoms with van der Waals surface area (Å²) in [6, 6.07) is 5.31. The van der Waals surface area contributed by atoms with Crippen LogP contribution in [-0.4, -0.2) is 26.9 Å². The number of pyridine rings is 1. The molecular weight excluding hydrogens is 332 g/mol. The molecule has 2 aromatic heterocycles. The van der Waals surface area contributed by atoms with Gasteiger partial charge in [-0.1, -0.05) is 32.8 Å². The van der Waals surface area contributed by atoms with Gasteiger partial charge in [0.15, 0.2) is 11.6 Å². The van der Waals surface area contributed by atoms with Crippen LogP contribution < -0.4 is 21.5 Å². The number of carbonyl (C=O) groups is 1. The van der Waals surface area contributed by atoms with E-state index in [1.54, 1.807) is 18.2 Å². The number of rotatable bonds is 10. The maximum Gasteiger partial charge on any atom is 0.267 e. The maximum atomic E-state index is 11.2. The molecule has 0 saturated heterocycles. The lowest BCUT2D eigenvalue weighted by molar-refractivity contribution is 0.0995. The average molecular weight is 358 g/mol. The highest BCUT2D eigenvalue weighted by atomic mass is 16.5. The molecule has 2 heterocycles. The fourth-order valence-electron chi connectivity index (χ4n) is 2.46. The average Bonchev–Trinajstić information content (AvgIpc) is 2.64. The Morgan fingerprint density at radius 2 is 2.12 bits per heavy atom. The molecule has 0 saturated carbocycles. The van der Waals surface area contributed by atoms with Crippen molar-refractivity contribution in [2.45, 2.75) is 52.2 Å². The van der Waals surface area contributed by atoms with Crippen LogP contribution in [0.4, 0.5) is 11.8 Å². The first-order valence-corrected chi connectivity index (χ1v) is 8.81. The molecule has 140 valence electrons. The number of nitrogens with zero attached hydrogens (tertiary/aromatic N) is 3. The zero-order valence-corrected chi connectivity index (χ0v) is 15.2. The third-order valence-electron chi connectivity index (χ3n) is 3.95. The molecule has 1 unspecified atom stereocenters. The number of amides is 1. The Kier molecular flexibility index (Phi) is 7.13. The van der Waals surface area contributed by atoms with Crippen LogP contribution in [0.1, 0.15) is 55.7 Å². The molecule has 0 fully saturated rings. The topological polar surface area (TPSA) is 129 Å². The predicted molar refractivity (Wildman–Crippen MR) is 101 cm³/mol. The molecule has 8 nitrogen and oxygen atoms in total. The number of primary amides is 1. The summed E-state index contributed by atoms with van der Waals surface area (Å²) in [4.78, 5) is 23.7. The third-order valence-corrected chi connectivity index (χ3v) is 3.95. The van der Waals surface area contributed by atoms with E-state index in [-0.39, 0.29) is 24.3 Å². The van der Waals surface area contributed by atoms with Crippen molar-refractivity contribution < 1.29 is 9.53 Å². The second-order valence-electron chi connectivity index (χ2n) is 6.00. The van der Waals surface area contributed by atoms with Crippen molar-refractivity contribution >= 4 is 17.7 Å². The number of carbonyl (C=O) groups excluding carboxylic acids is 1. The molecule has 0 spiro atoms. The third kappa shape index (κ3) is 5.58.